The molecule has 0 aliphatic rings. The second kappa shape index (κ2) is 13.3. The Morgan fingerprint density at radius 3 is 2.26 bits per heavy atom. The van der Waals surface area contributed by atoms with E-state index in [2.05, 4.69) is 10.6 Å². The number of benzene rings is 2. The molecule has 0 saturated heterocycles. The molecule has 0 fully saturated rings. The summed E-state index contributed by atoms with van der Waals surface area (Å²) in [5.41, 5.74) is 6.23. The van der Waals surface area contributed by atoms with Crippen molar-refractivity contribution in [2.75, 3.05) is 11.9 Å². The number of hydrogen-bond donors (Lipinski definition) is 4. The summed E-state index contributed by atoms with van der Waals surface area (Å²) in [7, 11) is 0. The van der Waals surface area contributed by atoms with Crippen LogP contribution in [0, 0.1) is 13.8 Å². The fourth-order valence-electron chi connectivity index (χ4n) is 3.99. The van der Waals surface area contributed by atoms with Gasteiger partial charge in [-0.2, -0.15) is 0 Å². The van der Waals surface area contributed by atoms with Crippen LogP contribution >= 0.6 is 11.6 Å². The fourth-order valence-corrected chi connectivity index (χ4v) is 4.26. The largest absolute Gasteiger partial charge is 0.507 e. The van der Waals surface area contributed by atoms with Crippen LogP contribution in [0.4, 0.5) is 10.5 Å². The van der Waals surface area contributed by atoms with Crippen LogP contribution in [-0.2, 0) is 19.1 Å². The first-order valence-electron chi connectivity index (χ1n) is 12.6. The van der Waals surface area contributed by atoms with Crippen molar-refractivity contribution in [1.29, 1.82) is 0 Å². The number of alkyl carbamates (subject to hydrolysis) is 1. The first-order valence-corrected chi connectivity index (χ1v) is 13.0. The zero-order valence-electron chi connectivity index (χ0n) is 23.1. The van der Waals surface area contributed by atoms with Gasteiger partial charge in [0.1, 0.15) is 23.4 Å². The Kier molecular flexibility index (Phi) is 10.7. The Morgan fingerprint density at radius 2 is 1.69 bits per heavy atom. The molecule has 0 aromatic heterocycles. The molecule has 39 heavy (non-hydrogen) atoms. The van der Waals surface area contributed by atoms with Crippen molar-refractivity contribution >= 4 is 41.1 Å². The third kappa shape index (κ3) is 8.61. The summed E-state index contributed by atoms with van der Waals surface area (Å²) in [6.45, 7) is 10.2. The van der Waals surface area contributed by atoms with E-state index in [1.165, 1.54) is 11.0 Å². The average Bonchev–Trinajstić information content (AvgIpc) is 2.81. The molecule has 212 valence electrons. The number of anilines is 1. The molecular formula is C28H37ClN4O6. The molecule has 2 aromatic rings. The number of ether oxygens (including phenoxy) is 1. The van der Waals surface area contributed by atoms with E-state index in [1.54, 1.807) is 71.9 Å². The van der Waals surface area contributed by atoms with E-state index in [4.69, 9.17) is 22.1 Å². The summed E-state index contributed by atoms with van der Waals surface area (Å²) in [6.07, 6.45) is -1.04. The maximum absolute atomic E-state index is 13.9. The van der Waals surface area contributed by atoms with Gasteiger partial charge < -0.3 is 31.1 Å². The first-order chi connectivity index (χ1) is 18.2. The SMILES string of the molecule is CCCN(C(=O)C(CC(N)=O)NC(=O)OC(C)(C)C)C(C(=O)Nc1c(C)cccc1Cl)c1cccc(C)c1O. The number of nitrogens with one attached hydrogen (secondary N) is 2. The van der Waals surface area contributed by atoms with E-state index in [9.17, 15) is 24.3 Å². The number of nitrogens with zero attached hydrogens (tertiary/aromatic N) is 1. The van der Waals surface area contributed by atoms with E-state index in [-0.39, 0.29) is 17.9 Å². The summed E-state index contributed by atoms with van der Waals surface area (Å²) in [4.78, 5) is 53.4. The number of rotatable bonds is 10. The zero-order valence-corrected chi connectivity index (χ0v) is 23.9. The number of nitrogens with two attached hydrogens (primary N) is 1. The number of para-hydroxylation sites is 2. The van der Waals surface area contributed by atoms with Crippen LogP contribution in [0.25, 0.3) is 0 Å². The number of hydrogen-bond acceptors (Lipinski definition) is 6. The molecule has 0 spiro atoms. The second-order valence-corrected chi connectivity index (χ2v) is 10.6. The normalized spacial score (nSPS) is 12.7. The van der Waals surface area contributed by atoms with Crippen LogP contribution in [0.3, 0.4) is 0 Å². The van der Waals surface area contributed by atoms with E-state index in [0.29, 0.717) is 28.3 Å². The van der Waals surface area contributed by atoms with Gasteiger partial charge in [-0.1, -0.05) is 48.9 Å². The first kappa shape index (κ1) is 31.4. The van der Waals surface area contributed by atoms with Crippen molar-refractivity contribution in [2.45, 2.75) is 72.1 Å². The van der Waals surface area contributed by atoms with Crippen LogP contribution < -0.4 is 16.4 Å². The molecule has 0 aliphatic carbocycles. The second-order valence-electron chi connectivity index (χ2n) is 10.2. The molecule has 5 N–H and O–H groups in total. The van der Waals surface area contributed by atoms with Gasteiger partial charge in [-0.05, 0) is 58.2 Å². The van der Waals surface area contributed by atoms with E-state index in [0.717, 1.165) is 0 Å². The van der Waals surface area contributed by atoms with Crippen molar-refractivity contribution in [3.05, 3.63) is 58.1 Å². The molecule has 0 heterocycles. The minimum atomic E-state index is -1.42. The molecule has 0 bridgehead atoms. The third-order valence-electron chi connectivity index (χ3n) is 5.74. The highest BCUT2D eigenvalue weighted by atomic mass is 35.5. The van der Waals surface area contributed by atoms with Crippen LogP contribution in [0.1, 0.15) is 63.3 Å². The molecule has 11 heteroatoms. The fraction of sp³-hybridized carbons (Fsp3) is 0.429. The van der Waals surface area contributed by atoms with E-state index in [1.807, 2.05) is 0 Å². The van der Waals surface area contributed by atoms with Gasteiger partial charge in [0.25, 0.3) is 5.91 Å². The Labute approximate surface area is 233 Å². The van der Waals surface area contributed by atoms with Gasteiger partial charge in [-0.15, -0.1) is 0 Å². The van der Waals surface area contributed by atoms with Crippen molar-refractivity contribution in [2.24, 2.45) is 5.73 Å². The number of aromatic hydroxyl groups is 1. The van der Waals surface area contributed by atoms with E-state index < -0.39 is 47.9 Å². The highest BCUT2D eigenvalue weighted by Crippen LogP contribution is 2.34. The quantitative estimate of drug-likeness (QED) is 0.339. The minimum Gasteiger partial charge on any atom is -0.507 e. The molecule has 0 saturated carbocycles. The molecular weight excluding hydrogens is 524 g/mol. The topological polar surface area (TPSA) is 151 Å². The molecule has 2 aromatic carbocycles. The van der Waals surface area contributed by atoms with Crippen molar-refractivity contribution in [3.63, 3.8) is 0 Å². The lowest BCUT2D eigenvalue weighted by Crippen LogP contribution is -2.53. The van der Waals surface area contributed by atoms with Gasteiger partial charge >= 0.3 is 6.09 Å². The number of aryl methyl sites for hydroxylation is 2. The lowest BCUT2D eigenvalue weighted by molar-refractivity contribution is -0.142. The van der Waals surface area contributed by atoms with Crippen molar-refractivity contribution in [3.8, 4) is 5.75 Å². The number of carbonyl (C=O) groups excluding carboxylic acids is 4. The summed E-state index contributed by atoms with van der Waals surface area (Å²) >= 11 is 6.34. The maximum Gasteiger partial charge on any atom is 0.408 e. The Hall–Kier alpha value is -3.79. The Balaban J connectivity index is 2.61. The molecule has 2 rings (SSSR count). The lowest BCUT2D eigenvalue weighted by atomic mass is 9.98. The molecule has 2 unspecified atom stereocenters. The number of phenolic OH excluding ortho intramolecular Hbond substituents is 1. The van der Waals surface area contributed by atoms with Crippen LogP contribution in [0.5, 0.6) is 5.75 Å². The zero-order chi connectivity index (χ0) is 29.5. The van der Waals surface area contributed by atoms with Gasteiger partial charge in [-0.3, -0.25) is 14.4 Å². The van der Waals surface area contributed by atoms with E-state index >= 15 is 0 Å². The van der Waals surface area contributed by atoms with Gasteiger partial charge in [0.15, 0.2) is 0 Å². The highest BCUT2D eigenvalue weighted by Gasteiger charge is 2.38. The van der Waals surface area contributed by atoms with Crippen LogP contribution in [0.15, 0.2) is 36.4 Å². The van der Waals surface area contributed by atoms with Crippen molar-refractivity contribution < 1.29 is 29.0 Å². The number of carbonyl (C=O) groups is 4. The lowest BCUT2D eigenvalue weighted by Gasteiger charge is -2.34. The Bertz CT molecular complexity index is 1210. The van der Waals surface area contributed by atoms with Gasteiger partial charge in [-0.25, -0.2) is 4.79 Å². The smallest absolute Gasteiger partial charge is 0.408 e. The molecule has 2 atom stereocenters. The highest BCUT2D eigenvalue weighted by molar-refractivity contribution is 6.34. The summed E-state index contributed by atoms with van der Waals surface area (Å²) in [5.74, 6) is -2.41. The molecule has 0 aliphatic heterocycles. The number of amides is 4. The monoisotopic (exact) mass is 560 g/mol. The third-order valence-corrected chi connectivity index (χ3v) is 6.05. The molecule has 0 radical (unpaired) electrons. The van der Waals surface area contributed by atoms with Crippen molar-refractivity contribution in [1.82, 2.24) is 10.2 Å². The predicted molar refractivity (Wildman–Crippen MR) is 149 cm³/mol. The Morgan fingerprint density at radius 1 is 1.08 bits per heavy atom. The summed E-state index contributed by atoms with van der Waals surface area (Å²) in [5, 5.41) is 16.4. The predicted octanol–water partition coefficient (Wildman–Crippen LogP) is 4.35. The number of phenols is 1. The van der Waals surface area contributed by atoms with Gasteiger partial charge in [0.2, 0.25) is 11.8 Å². The minimum absolute atomic E-state index is 0.0526. The number of halogens is 1. The molecule has 10 nitrogen and oxygen atoms in total. The average molecular weight is 561 g/mol. The van der Waals surface area contributed by atoms with Crippen LogP contribution in [-0.4, -0.2) is 52.0 Å². The van der Waals surface area contributed by atoms with Gasteiger partial charge in [0.05, 0.1) is 17.1 Å². The summed E-state index contributed by atoms with van der Waals surface area (Å²) in [6, 6.07) is 7.21. The maximum atomic E-state index is 13.9. The number of primary amides is 1. The summed E-state index contributed by atoms with van der Waals surface area (Å²) < 4.78 is 5.27. The van der Waals surface area contributed by atoms with Gasteiger partial charge in [0, 0.05) is 12.1 Å². The standard InChI is InChI=1S/C28H37ClN4O6/c1-7-14-33(26(37)20(15-21(30)34)31-27(38)39-28(4,5)6)23(18-12-8-11-17(3)24(18)35)25(36)32-22-16(2)10-9-13-19(22)29/h8-13,20,23,35H,7,14-15H2,1-6H3,(H2,30,34)(H,31,38)(H,32,36). The van der Waals surface area contributed by atoms with Crippen LogP contribution in [0.2, 0.25) is 5.02 Å². The molecule has 4 amide bonds.